The molecule has 0 amide bonds. The van der Waals surface area contributed by atoms with Crippen molar-refractivity contribution in [3.63, 3.8) is 0 Å². The Morgan fingerprint density at radius 3 is 1.17 bits per heavy atom. The molecule has 0 heterocycles. The fraction of sp³-hybridized carbons (Fsp3) is 1.00. The van der Waals surface area contributed by atoms with Gasteiger partial charge in [0.2, 0.25) is 0 Å². The number of nitrogens with zero attached hydrogens (tertiary/aromatic N) is 1. The van der Waals surface area contributed by atoms with Crippen LogP contribution in [0.1, 0.15) is 0 Å². The number of hydrogen-bond acceptors (Lipinski definition) is 1. The van der Waals surface area contributed by atoms with Gasteiger partial charge in [-0.15, -0.1) is 34.0 Å². The molecule has 0 spiro atoms. The number of halogens is 2. The van der Waals surface area contributed by atoms with E-state index in [2.05, 4.69) is 0 Å². The molecule has 0 aromatic carbocycles. The summed E-state index contributed by atoms with van der Waals surface area (Å²) in [6.45, 7) is 0. The topological polar surface area (TPSA) is 3.24 Å². The van der Waals surface area contributed by atoms with Gasteiger partial charge in [-0.1, -0.05) is 0 Å². The summed E-state index contributed by atoms with van der Waals surface area (Å²) in [5.74, 6) is 0. The molecule has 0 aromatic rings. The van der Waals surface area contributed by atoms with Gasteiger partial charge in [-0.3, -0.25) is 0 Å². The van der Waals surface area contributed by atoms with E-state index in [0.717, 1.165) is 0 Å². The molecular weight excluding hydrogens is 270 g/mol. The van der Waals surface area contributed by atoms with E-state index in [1.54, 1.807) is 0 Å². The summed E-state index contributed by atoms with van der Waals surface area (Å²) in [5, 5.41) is 0. The fourth-order valence-corrected chi connectivity index (χ4v) is 0. The number of hydrogen-bond donors (Lipinski definition) is 0. The standard InChI is InChI=1S/C2H6GeN.2BrH/c1-4(2)3;;/h1-2H3;2*1H. The molecule has 0 saturated carbocycles. The van der Waals surface area contributed by atoms with Crippen molar-refractivity contribution in [1.29, 1.82) is 0 Å². The Kier molecular flexibility index (Phi) is 25.3. The van der Waals surface area contributed by atoms with Crippen LogP contribution in [0.5, 0.6) is 0 Å². The average Bonchev–Trinajstić information content (AvgIpc) is 0.811. The Morgan fingerprint density at radius 2 is 1.17 bits per heavy atom. The summed E-state index contributed by atoms with van der Waals surface area (Å²) >= 11 is 2.00. The van der Waals surface area contributed by atoms with Crippen molar-refractivity contribution in [1.82, 2.24) is 3.86 Å². The van der Waals surface area contributed by atoms with Crippen LogP contribution in [0.3, 0.4) is 0 Å². The first-order valence-corrected chi connectivity index (χ1v) is 2.06. The normalized spacial score (nSPS) is 6.00. The molecule has 0 N–H and O–H groups in total. The van der Waals surface area contributed by atoms with Gasteiger partial charge in [0.05, 0.1) is 0 Å². The molecule has 0 rings (SSSR count). The maximum absolute atomic E-state index is 2.00. The molecule has 0 aliphatic heterocycles. The Bertz CT molecular complexity index is 16.3. The Balaban J connectivity index is -0.0000000450. The van der Waals surface area contributed by atoms with Gasteiger partial charge >= 0.3 is 34.7 Å². The zero-order chi connectivity index (χ0) is 3.58. The third-order valence-electron chi connectivity index (χ3n) is 0. The van der Waals surface area contributed by atoms with E-state index in [4.69, 9.17) is 0 Å². The van der Waals surface area contributed by atoms with E-state index in [9.17, 15) is 0 Å². The van der Waals surface area contributed by atoms with Crippen molar-refractivity contribution in [2.75, 3.05) is 14.1 Å². The Morgan fingerprint density at radius 1 is 1.17 bits per heavy atom. The average molecular weight is 279 g/mol. The zero-order valence-electron chi connectivity index (χ0n) is 3.76. The van der Waals surface area contributed by atoms with Gasteiger partial charge in [0.15, 0.2) is 0 Å². The van der Waals surface area contributed by atoms with Crippen molar-refractivity contribution in [3.8, 4) is 0 Å². The van der Waals surface area contributed by atoms with Crippen LogP contribution in [0.15, 0.2) is 0 Å². The molecule has 0 bridgehead atoms. The second kappa shape index (κ2) is 9.68. The molecular formula is C2H8Br2GeN. The Labute approximate surface area is 68.5 Å². The predicted molar refractivity (Wildman–Crippen MR) is 40.1 cm³/mol. The van der Waals surface area contributed by atoms with Crippen LogP contribution in [0.4, 0.5) is 0 Å². The van der Waals surface area contributed by atoms with Gasteiger partial charge in [0, 0.05) is 0 Å². The second-order valence-corrected chi connectivity index (χ2v) is 2.77. The van der Waals surface area contributed by atoms with E-state index in [0.29, 0.717) is 0 Å². The third-order valence-corrected chi connectivity index (χ3v) is 0. The van der Waals surface area contributed by atoms with Crippen molar-refractivity contribution >= 4 is 50.7 Å². The van der Waals surface area contributed by atoms with E-state index in [1.165, 1.54) is 0 Å². The summed E-state index contributed by atoms with van der Waals surface area (Å²) < 4.78 is 2.00. The van der Waals surface area contributed by atoms with E-state index in [-0.39, 0.29) is 34.0 Å². The summed E-state index contributed by atoms with van der Waals surface area (Å²) in [7, 11) is 4.00. The third kappa shape index (κ3) is 50.8. The van der Waals surface area contributed by atoms with Crippen LogP contribution in [-0.4, -0.2) is 34.7 Å². The van der Waals surface area contributed by atoms with Crippen LogP contribution in [-0.2, 0) is 0 Å². The summed E-state index contributed by atoms with van der Waals surface area (Å²) in [5.41, 5.74) is 0. The molecule has 0 saturated heterocycles. The van der Waals surface area contributed by atoms with Crippen molar-refractivity contribution in [3.05, 3.63) is 0 Å². The van der Waals surface area contributed by atoms with E-state index in [1.807, 2.05) is 34.7 Å². The first kappa shape index (κ1) is 15.7. The first-order valence-electron chi connectivity index (χ1n) is 1.12. The summed E-state index contributed by atoms with van der Waals surface area (Å²) in [6.07, 6.45) is 0. The van der Waals surface area contributed by atoms with Gasteiger partial charge in [-0.25, -0.2) is 0 Å². The molecule has 6 heavy (non-hydrogen) atoms. The monoisotopic (exact) mass is 278 g/mol. The summed E-state index contributed by atoms with van der Waals surface area (Å²) in [6, 6.07) is 0. The van der Waals surface area contributed by atoms with Gasteiger partial charge in [0.25, 0.3) is 0 Å². The maximum atomic E-state index is 2.00. The molecule has 0 aromatic heterocycles. The molecule has 1 nitrogen and oxygen atoms in total. The minimum absolute atomic E-state index is 0. The molecule has 0 fully saturated rings. The van der Waals surface area contributed by atoms with Crippen molar-refractivity contribution < 1.29 is 0 Å². The Hall–Kier alpha value is 1.46. The second-order valence-electron chi connectivity index (χ2n) is 0.894. The zero-order valence-corrected chi connectivity index (χ0v) is 9.29. The van der Waals surface area contributed by atoms with Crippen LogP contribution < -0.4 is 0 Å². The first-order chi connectivity index (χ1) is 1.73. The quantitative estimate of drug-likeness (QED) is 0.592. The molecule has 0 aliphatic rings. The van der Waals surface area contributed by atoms with Crippen molar-refractivity contribution in [2.45, 2.75) is 0 Å². The van der Waals surface area contributed by atoms with Crippen LogP contribution in [0.2, 0.25) is 0 Å². The van der Waals surface area contributed by atoms with Crippen LogP contribution in [0.25, 0.3) is 0 Å². The van der Waals surface area contributed by atoms with Crippen LogP contribution >= 0.6 is 34.0 Å². The SMILES string of the molecule is Br.Br.C[N](C)[Ge]. The van der Waals surface area contributed by atoms with Gasteiger partial charge in [0.1, 0.15) is 0 Å². The van der Waals surface area contributed by atoms with E-state index >= 15 is 0 Å². The van der Waals surface area contributed by atoms with Gasteiger partial charge < -0.3 is 0 Å². The van der Waals surface area contributed by atoms with Gasteiger partial charge in [-0.2, -0.15) is 0 Å². The van der Waals surface area contributed by atoms with Crippen LogP contribution in [0, 0.1) is 0 Å². The molecule has 0 unspecified atom stereocenters. The predicted octanol–water partition coefficient (Wildman–Crippen LogP) is 0.787. The molecule has 39 valence electrons. The molecule has 4 heteroatoms. The molecule has 0 atom stereocenters. The van der Waals surface area contributed by atoms with E-state index < -0.39 is 0 Å². The minimum atomic E-state index is 0. The summed E-state index contributed by atoms with van der Waals surface area (Å²) in [4.78, 5) is 0. The molecule has 3 radical (unpaired) electrons. The molecule has 0 aliphatic carbocycles. The fourth-order valence-electron chi connectivity index (χ4n) is 0. The van der Waals surface area contributed by atoms with Gasteiger partial charge in [-0.05, 0) is 0 Å². The number of rotatable bonds is 0. The van der Waals surface area contributed by atoms with Crippen molar-refractivity contribution in [2.24, 2.45) is 0 Å².